The second-order valence-corrected chi connectivity index (χ2v) is 10.6. The molecule has 0 aliphatic rings. The maximum atomic E-state index is 12.2. The molecule has 0 bridgehead atoms. The van der Waals surface area contributed by atoms with E-state index in [-0.39, 0.29) is 11.2 Å². The maximum Gasteiger partial charge on any atom is 0.264 e. The highest BCUT2D eigenvalue weighted by Gasteiger charge is 2.20. The number of ketones is 1. The zero-order valence-corrected chi connectivity index (χ0v) is 15.3. The summed E-state index contributed by atoms with van der Waals surface area (Å²) < 4.78 is 26.6. The Morgan fingerprint density at radius 2 is 1.81 bits per heavy atom. The van der Waals surface area contributed by atoms with Gasteiger partial charge in [0, 0.05) is 5.56 Å². The molecule has 21 heavy (non-hydrogen) atoms. The molecule has 6 heteroatoms. The molecular weight excluding hydrogens is 304 g/mol. The Balaban J connectivity index is 3.15. The van der Waals surface area contributed by atoms with E-state index < -0.39 is 25.5 Å². The van der Waals surface area contributed by atoms with Gasteiger partial charge in [0.05, 0.1) is 15.1 Å². The minimum atomic E-state index is -3.60. The minimum Gasteiger partial charge on any atom is -0.292 e. The molecule has 0 aliphatic heterocycles. The molecule has 0 N–H and O–H groups in total. The molecule has 0 unspecified atom stereocenters. The van der Waals surface area contributed by atoms with Crippen LogP contribution in [0.25, 0.3) is 0 Å². The van der Waals surface area contributed by atoms with Gasteiger partial charge >= 0.3 is 0 Å². The Bertz CT molecular complexity index is 628. The number of Topliss-reactive ketones (excluding diaryl/α,β-unsaturated/α-hetero) is 1. The molecule has 0 spiro atoms. The molecule has 0 aliphatic carbocycles. The van der Waals surface area contributed by atoms with Crippen LogP contribution in [0.4, 0.5) is 0 Å². The summed E-state index contributed by atoms with van der Waals surface area (Å²) in [6.07, 6.45) is 0.943. The van der Waals surface area contributed by atoms with Crippen molar-refractivity contribution in [2.24, 2.45) is 0 Å². The van der Waals surface area contributed by atoms with Crippen LogP contribution in [0, 0.1) is 0 Å². The second kappa shape index (κ2) is 6.42. The number of hydrogen-bond acceptors (Lipinski definition) is 4. The van der Waals surface area contributed by atoms with Crippen molar-refractivity contribution < 1.29 is 17.4 Å². The Labute approximate surface area is 129 Å². The van der Waals surface area contributed by atoms with E-state index in [1.165, 1.54) is 5.56 Å². The highest BCUT2D eigenvalue weighted by atomic mass is 32.2. The summed E-state index contributed by atoms with van der Waals surface area (Å²) in [4.78, 5) is 12.2. The van der Waals surface area contributed by atoms with Gasteiger partial charge in [0.2, 0.25) is 0 Å². The highest BCUT2D eigenvalue weighted by Crippen LogP contribution is 2.22. The van der Waals surface area contributed by atoms with Gasteiger partial charge in [0.25, 0.3) is 10.1 Å². The minimum absolute atomic E-state index is 0.0108. The van der Waals surface area contributed by atoms with Gasteiger partial charge in [0.1, 0.15) is 6.61 Å². The third-order valence-corrected chi connectivity index (χ3v) is 5.17. The van der Waals surface area contributed by atoms with Crippen LogP contribution in [0.2, 0.25) is 13.1 Å². The van der Waals surface area contributed by atoms with Gasteiger partial charge < -0.3 is 0 Å². The Morgan fingerprint density at radius 1 is 1.24 bits per heavy atom. The van der Waals surface area contributed by atoms with Gasteiger partial charge in [0.15, 0.2) is 5.78 Å². The van der Waals surface area contributed by atoms with E-state index in [0.29, 0.717) is 5.56 Å². The first-order valence-corrected chi connectivity index (χ1v) is 11.1. The molecule has 0 saturated heterocycles. The van der Waals surface area contributed by atoms with E-state index in [2.05, 4.69) is 44.1 Å². The summed E-state index contributed by atoms with van der Waals surface area (Å²) in [5, 5.41) is 1.02. The number of hydrogen-bond donors (Lipinski definition) is 0. The lowest BCUT2D eigenvalue weighted by Crippen LogP contribution is -2.32. The van der Waals surface area contributed by atoms with Crippen molar-refractivity contribution in [1.29, 1.82) is 0 Å². The zero-order chi connectivity index (χ0) is 16.4. The zero-order valence-electron chi connectivity index (χ0n) is 13.5. The first-order chi connectivity index (χ1) is 9.42. The predicted molar refractivity (Wildman–Crippen MR) is 87.4 cm³/mol. The van der Waals surface area contributed by atoms with Crippen LogP contribution >= 0.6 is 0 Å². The van der Waals surface area contributed by atoms with E-state index in [9.17, 15) is 13.2 Å². The topological polar surface area (TPSA) is 60.4 Å². The fourth-order valence-electron chi connectivity index (χ4n) is 1.91. The van der Waals surface area contributed by atoms with Gasteiger partial charge in [-0.05, 0) is 11.0 Å². The molecule has 0 atom stereocenters. The standard InChI is InChI=1S/C15H23O4SSi/c1-15(2,3)11-7-8-12(14(9-11)21(5)6)13(16)10-19-20(4,17)18/h7-9H,10H2,1-6H3. The van der Waals surface area contributed by atoms with Gasteiger partial charge in [-0.25, -0.2) is 0 Å². The van der Waals surface area contributed by atoms with Crippen LogP contribution in [-0.2, 0) is 19.7 Å². The Morgan fingerprint density at radius 3 is 2.24 bits per heavy atom. The van der Waals surface area contributed by atoms with Crippen molar-refractivity contribution in [3.8, 4) is 0 Å². The molecule has 1 aromatic rings. The number of rotatable bonds is 5. The van der Waals surface area contributed by atoms with Crippen molar-refractivity contribution in [1.82, 2.24) is 0 Å². The van der Waals surface area contributed by atoms with Crippen LogP contribution in [0.5, 0.6) is 0 Å². The highest BCUT2D eigenvalue weighted by molar-refractivity contribution is 7.86. The van der Waals surface area contributed by atoms with E-state index in [4.69, 9.17) is 0 Å². The van der Waals surface area contributed by atoms with Crippen molar-refractivity contribution in [3.05, 3.63) is 29.3 Å². The molecule has 117 valence electrons. The molecule has 0 amide bonds. The molecule has 4 nitrogen and oxygen atoms in total. The van der Waals surface area contributed by atoms with Crippen LogP contribution < -0.4 is 5.19 Å². The molecule has 0 aromatic heterocycles. The summed E-state index contributed by atoms with van der Waals surface area (Å²) >= 11 is 0. The van der Waals surface area contributed by atoms with E-state index in [1.807, 2.05) is 6.07 Å². The van der Waals surface area contributed by atoms with Gasteiger partial charge in [-0.1, -0.05) is 57.3 Å². The predicted octanol–water partition coefficient (Wildman–Crippen LogP) is 2.10. The van der Waals surface area contributed by atoms with Crippen LogP contribution in [0.15, 0.2) is 18.2 Å². The van der Waals surface area contributed by atoms with Crippen molar-refractivity contribution >= 4 is 29.9 Å². The summed E-state index contributed by atoms with van der Waals surface area (Å²) in [6.45, 7) is 10.2. The largest absolute Gasteiger partial charge is 0.292 e. The molecule has 0 heterocycles. The average Bonchev–Trinajstić information content (AvgIpc) is 2.33. The first-order valence-electron chi connectivity index (χ1n) is 6.74. The summed E-state index contributed by atoms with van der Waals surface area (Å²) in [5.74, 6) is -0.290. The van der Waals surface area contributed by atoms with Crippen LogP contribution in [-0.4, -0.2) is 35.9 Å². The van der Waals surface area contributed by atoms with Crippen molar-refractivity contribution in [3.63, 3.8) is 0 Å². The lowest BCUT2D eigenvalue weighted by atomic mass is 9.86. The SMILES string of the molecule is C[Si](C)c1cc(C(C)(C)C)ccc1C(=O)COS(C)(=O)=O. The molecule has 1 rings (SSSR count). The van der Waals surface area contributed by atoms with Gasteiger partial charge in [-0.3, -0.25) is 8.98 Å². The second-order valence-electron chi connectivity index (χ2n) is 6.40. The maximum absolute atomic E-state index is 12.2. The quantitative estimate of drug-likeness (QED) is 0.472. The fourth-order valence-corrected chi connectivity index (χ4v) is 3.43. The van der Waals surface area contributed by atoms with Crippen LogP contribution in [0.3, 0.4) is 0 Å². The molecule has 0 saturated carbocycles. The molecule has 0 fully saturated rings. The van der Waals surface area contributed by atoms with Crippen molar-refractivity contribution in [2.75, 3.05) is 12.9 Å². The van der Waals surface area contributed by atoms with Gasteiger partial charge in [-0.15, -0.1) is 0 Å². The third kappa shape index (κ3) is 5.37. The fraction of sp³-hybridized carbons (Fsp3) is 0.533. The average molecular weight is 327 g/mol. The van der Waals surface area contributed by atoms with E-state index in [1.54, 1.807) is 6.07 Å². The van der Waals surface area contributed by atoms with Crippen molar-refractivity contribution in [2.45, 2.75) is 39.3 Å². The molecule has 1 aromatic carbocycles. The summed E-state index contributed by atoms with van der Waals surface area (Å²) in [7, 11) is -4.45. The number of carbonyl (C=O) groups is 1. The Hall–Kier alpha value is -0.983. The molecule has 1 radical (unpaired) electrons. The van der Waals surface area contributed by atoms with Crippen LogP contribution in [0.1, 0.15) is 36.7 Å². The lowest BCUT2D eigenvalue weighted by Gasteiger charge is -2.22. The lowest BCUT2D eigenvalue weighted by molar-refractivity contribution is 0.0926. The first kappa shape index (κ1) is 18.1. The number of carbonyl (C=O) groups excluding carboxylic acids is 1. The number of benzene rings is 1. The smallest absolute Gasteiger partial charge is 0.264 e. The van der Waals surface area contributed by atoms with Gasteiger partial charge in [-0.2, -0.15) is 8.42 Å². The monoisotopic (exact) mass is 327 g/mol. The third-order valence-electron chi connectivity index (χ3n) is 3.13. The Kier molecular flexibility index (Phi) is 5.52. The van der Waals surface area contributed by atoms with E-state index in [0.717, 1.165) is 11.4 Å². The summed E-state index contributed by atoms with van der Waals surface area (Å²) in [5.41, 5.74) is 1.76. The molecular formula is C15H23O4SSi. The van der Waals surface area contributed by atoms with E-state index >= 15 is 0 Å². The normalized spacial score (nSPS) is 12.7. The summed E-state index contributed by atoms with van der Waals surface area (Å²) in [6, 6.07) is 5.80.